The summed E-state index contributed by atoms with van der Waals surface area (Å²) in [5.41, 5.74) is 4.58. The van der Waals surface area contributed by atoms with Gasteiger partial charge in [-0.05, 0) is 18.2 Å². The smallest absolute Gasteiger partial charge is 0.116 e. The van der Waals surface area contributed by atoms with Gasteiger partial charge >= 0.3 is 0 Å². The van der Waals surface area contributed by atoms with E-state index in [1.165, 1.54) is 6.33 Å². The zero-order chi connectivity index (χ0) is 13.9. The predicted molar refractivity (Wildman–Crippen MR) is 77.6 cm³/mol. The predicted octanol–water partition coefficient (Wildman–Crippen LogP) is 2.53. The highest BCUT2D eigenvalue weighted by molar-refractivity contribution is 5.78. The number of aromatic nitrogens is 4. The van der Waals surface area contributed by atoms with Gasteiger partial charge in [0.1, 0.15) is 12.0 Å². The lowest BCUT2D eigenvalue weighted by molar-refractivity contribution is 0.771. The van der Waals surface area contributed by atoms with E-state index in [9.17, 15) is 0 Å². The van der Waals surface area contributed by atoms with E-state index in [-0.39, 0.29) is 0 Å². The monoisotopic (exact) mass is 260 g/mol. The molecule has 0 N–H and O–H groups in total. The third-order valence-electron chi connectivity index (χ3n) is 3.01. The van der Waals surface area contributed by atoms with Crippen molar-refractivity contribution in [2.24, 2.45) is 7.05 Å². The minimum atomic E-state index is 0.851. The van der Waals surface area contributed by atoms with Gasteiger partial charge in [-0.3, -0.25) is 4.68 Å². The molecule has 1 aromatic carbocycles. The molecule has 0 aliphatic heterocycles. The van der Waals surface area contributed by atoms with Crippen LogP contribution in [0.15, 0.2) is 49.1 Å². The fourth-order valence-corrected chi connectivity index (χ4v) is 2.06. The molecule has 0 radical (unpaired) electrons. The van der Waals surface area contributed by atoms with Gasteiger partial charge in [-0.2, -0.15) is 5.10 Å². The van der Waals surface area contributed by atoms with Crippen molar-refractivity contribution in [2.75, 3.05) is 0 Å². The van der Waals surface area contributed by atoms with Gasteiger partial charge in [0, 0.05) is 36.1 Å². The van der Waals surface area contributed by atoms with Crippen LogP contribution in [-0.4, -0.2) is 19.7 Å². The van der Waals surface area contributed by atoms with Crippen molar-refractivity contribution in [3.05, 3.63) is 54.6 Å². The maximum atomic E-state index is 5.38. The quantitative estimate of drug-likeness (QED) is 0.665. The highest BCUT2D eigenvalue weighted by Gasteiger charge is 2.12. The van der Waals surface area contributed by atoms with Gasteiger partial charge in [-0.1, -0.05) is 18.1 Å². The summed E-state index contributed by atoms with van der Waals surface area (Å²) < 4.78 is 1.78. The van der Waals surface area contributed by atoms with Crippen molar-refractivity contribution in [3.8, 4) is 34.9 Å². The normalized spacial score (nSPS) is 10.2. The van der Waals surface area contributed by atoms with Crippen molar-refractivity contribution >= 4 is 0 Å². The Morgan fingerprint density at radius 3 is 2.60 bits per heavy atom. The SMILES string of the molecule is C#Cc1ccc(-c2nn(C)cc2-c2ccncn2)cc1. The third-order valence-corrected chi connectivity index (χ3v) is 3.01. The number of hydrogen-bond acceptors (Lipinski definition) is 3. The van der Waals surface area contributed by atoms with E-state index in [4.69, 9.17) is 6.42 Å². The average molecular weight is 260 g/mol. The third kappa shape index (κ3) is 2.17. The van der Waals surface area contributed by atoms with Crippen LogP contribution < -0.4 is 0 Å². The molecule has 0 spiro atoms. The minimum absolute atomic E-state index is 0.851. The minimum Gasteiger partial charge on any atom is -0.274 e. The number of terminal acetylenes is 1. The zero-order valence-electron chi connectivity index (χ0n) is 11.0. The molecule has 2 aromatic heterocycles. The van der Waals surface area contributed by atoms with Gasteiger partial charge in [-0.25, -0.2) is 9.97 Å². The highest BCUT2D eigenvalue weighted by atomic mass is 15.3. The number of benzene rings is 1. The largest absolute Gasteiger partial charge is 0.274 e. The summed E-state index contributed by atoms with van der Waals surface area (Å²) in [6, 6.07) is 9.64. The number of nitrogens with zero attached hydrogens (tertiary/aromatic N) is 4. The van der Waals surface area contributed by atoms with Crippen LogP contribution in [0.5, 0.6) is 0 Å². The summed E-state index contributed by atoms with van der Waals surface area (Å²) in [4.78, 5) is 8.23. The van der Waals surface area contributed by atoms with Crippen LogP contribution in [0.4, 0.5) is 0 Å². The first kappa shape index (κ1) is 12.1. The van der Waals surface area contributed by atoms with Gasteiger partial charge < -0.3 is 0 Å². The molecule has 0 aliphatic rings. The molecular formula is C16H12N4. The van der Waals surface area contributed by atoms with Crippen LogP contribution in [-0.2, 0) is 7.05 Å². The average Bonchev–Trinajstić information content (AvgIpc) is 2.90. The first-order valence-electron chi connectivity index (χ1n) is 6.15. The molecule has 4 heteroatoms. The number of rotatable bonds is 2. The van der Waals surface area contributed by atoms with Crippen LogP contribution in [0, 0.1) is 12.3 Å². The lowest BCUT2D eigenvalue weighted by Gasteiger charge is -2.02. The Morgan fingerprint density at radius 1 is 1.15 bits per heavy atom. The molecular weight excluding hydrogens is 248 g/mol. The molecule has 0 unspecified atom stereocenters. The topological polar surface area (TPSA) is 43.6 Å². The maximum Gasteiger partial charge on any atom is 0.116 e. The van der Waals surface area contributed by atoms with Gasteiger partial charge in [0.05, 0.1) is 5.69 Å². The second-order valence-electron chi connectivity index (χ2n) is 4.38. The Bertz CT molecular complexity index is 764. The van der Waals surface area contributed by atoms with E-state index in [0.29, 0.717) is 0 Å². The van der Waals surface area contributed by atoms with Crippen molar-refractivity contribution in [3.63, 3.8) is 0 Å². The molecule has 3 rings (SSSR count). The molecule has 4 nitrogen and oxygen atoms in total. The van der Waals surface area contributed by atoms with Gasteiger partial charge in [0.15, 0.2) is 0 Å². The van der Waals surface area contributed by atoms with Crippen LogP contribution >= 0.6 is 0 Å². The van der Waals surface area contributed by atoms with Crippen LogP contribution in [0.1, 0.15) is 5.56 Å². The molecule has 0 saturated carbocycles. The summed E-state index contributed by atoms with van der Waals surface area (Å²) in [5, 5.41) is 4.52. The van der Waals surface area contributed by atoms with Crippen LogP contribution in [0.25, 0.3) is 22.5 Å². The van der Waals surface area contributed by atoms with Crippen molar-refractivity contribution in [1.82, 2.24) is 19.7 Å². The fourth-order valence-electron chi connectivity index (χ4n) is 2.06. The summed E-state index contributed by atoms with van der Waals surface area (Å²) in [6.07, 6.45) is 10.6. The Labute approximate surface area is 117 Å². The number of aryl methyl sites for hydroxylation is 1. The van der Waals surface area contributed by atoms with E-state index < -0.39 is 0 Å². The molecule has 3 aromatic rings. The molecule has 2 heterocycles. The van der Waals surface area contributed by atoms with E-state index in [1.807, 2.05) is 43.6 Å². The zero-order valence-corrected chi connectivity index (χ0v) is 11.0. The molecule has 0 atom stereocenters. The molecule has 20 heavy (non-hydrogen) atoms. The van der Waals surface area contributed by atoms with Crippen molar-refractivity contribution < 1.29 is 0 Å². The van der Waals surface area contributed by atoms with Crippen LogP contribution in [0.2, 0.25) is 0 Å². The summed E-state index contributed by atoms with van der Waals surface area (Å²) in [5.74, 6) is 2.61. The van der Waals surface area contributed by atoms with Crippen LogP contribution in [0.3, 0.4) is 0 Å². The molecule has 0 fully saturated rings. The molecule has 0 bridgehead atoms. The molecule has 0 aliphatic carbocycles. The second-order valence-corrected chi connectivity index (χ2v) is 4.38. The standard InChI is InChI=1S/C16H12N4/c1-3-12-4-6-13(7-5-12)16-14(10-20(2)19-16)15-8-9-17-11-18-15/h1,4-11H,2H3. The molecule has 96 valence electrons. The van der Waals surface area contributed by atoms with E-state index >= 15 is 0 Å². The maximum absolute atomic E-state index is 5.38. The van der Waals surface area contributed by atoms with Gasteiger partial charge in [-0.15, -0.1) is 6.42 Å². The van der Waals surface area contributed by atoms with Crippen molar-refractivity contribution in [2.45, 2.75) is 0 Å². The summed E-state index contributed by atoms with van der Waals surface area (Å²) in [7, 11) is 1.89. The van der Waals surface area contributed by atoms with E-state index in [2.05, 4.69) is 21.0 Å². The van der Waals surface area contributed by atoms with Crippen molar-refractivity contribution in [1.29, 1.82) is 0 Å². The summed E-state index contributed by atoms with van der Waals surface area (Å²) >= 11 is 0. The summed E-state index contributed by atoms with van der Waals surface area (Å²) in [6.45, 7) is 0. The lowest BCUT2D eigenvalue weighted by Crippen LogP contribution is -1.88. The van der Waals surface area contributed by atoms with Gasteiger partial charge in [0.2, 0.25) is 0 Å². The first-order chi connectivity index (χ1) is 9.78. The highest BCUT2D eigenvalue weighted by Crippen LogP contribution is 2.29. The first-order valence-corrected chi connectivity index (χ1v) is 6.15. The Morgan fingerprint density at radius 2 is 1.95 bits per heavy atom. The Kier molecular flexibility index (Phi) is 3.02. The van der Waals surface area contributed by atoms with E-state index in [1.54, 1.807) is 10.9 Å². The fraction of sp³-hybridized carbons (Fsp3) is 0.0625. The number of hydrogen-bond donors (Lipinski definition) is 0. The Balaban J connectivity index is 2.12. The van der Waals surface area contributed by atoms with Gasteiger partial charge in [0.25, 0.3) is 0 Å². The molecule has 0 saturated heterocycles. The van der Waals surface area contributed by atoms with E-state index in [0.717, 1.165) is 28.1 Å². The second kappa shape index (κ2) is 4.98. The lowest BCUT2D eigenvalue weighted by atomic mass is 10.0. The Hall–Kier alpha value is -2.93. The molecule has 0 amide bonds.